The van der Waals surface area contributed by atoms with Gasteiger partial charge < -0.3 is 10.6 Å². The molecule has 0 unspecified atom stereocenters. The number of rotatable bonds is 4. The largest absolute Gasteiger partial charge is 0.511 e. The first-order valence-corrected chi connectivity index (χ1v) is 10.6. The molecule has 0 radical (unpaired) electrons. The van der Waals surface area contributed by atoms with E-state index in [0.29, 0.717) is 29.0 Å². The van der Waals surface area contributed by atoms with Crippen LogP contribution >= 0.6 is 0 Å². The number of guanidine groups is 1. The molecule has 1 saturated carbocycles. The van der Waals surface area contributed by atoms with Gasteiger partial charge in [-0.15, -0.1) is 0 Å². The molecule has 0 amide bonds. The Hall–Kier alpha value is -1.03. The van der Waals surface area contributed by atoms with E-state index >= 15 is 0 Å². The molecule has 0 atom stereocenters. The van der Waals surface area contributed by atoms with Crippen LogP contribution < -0.4 is 10.6 Å². The first-order chi connectivity index (χ1) is 12.1. The summed E-state index contributed by atoms with van der Waals surface area (Å²) in [6.45, 7) is 2.82. The topological polar surface area (TPSA) is 73.8 Å². The second kappa shape index (κ2) is 8.77. The predicted molar refractivity (Wildman–Crippen MR) is 95.2 cm³/mol. The number of nitrogens with zero attached hydrogens (tertiary/aromatic N) is 2. The molecule has 26 heavy (non-hydrogen) atoms. The molecule has 2 aliphatic rings. The van der Waals surface area contributed by atoms with Crippen LogP contribution in [0.4, 0.5) is 13.2 Å². The predicted octanol–water partition coefficient (Wildman–Crippen LogP) is 2.29. The number of aliphatic imine (C=N–C) groups is 1. The highest BCUT2D eigenvalue weighted by molar-refractivity contribution is 7.90. The van der Waals surface area contributed by atoms with E-state index in [4.69, 9.17) is 0 Å². The molecule has 2 rings (SSSR count). The molecule has 10 heteroatoms. The first kappa shape index (κ1) is 21.3. The van der Waals surface area contributed by atoms with E-state index in [-0.39, 0.29) is 19.1 Å². The molecule has 0 aromatic rings. The van der Waals surface area contributed by atoms with Crippen molar-refractivity contribution in [1.29, 1.82) is 0 Å². The average Bonchev–Trinajstić information content (AvgIpc) is 2.59. The molecule has 152 valence electrons. The molecular weight excluding hydrogens is 369 g/mol. The van der Waals surface area contributed by atoms with Crippen molar-refractivity contribution in [2.75, 3.05) is 26.7 Å². The van der Waals surface area contributed by atoms with Gasteiger partial charge in [-0.05, 0) is 37.5 Å². The maximum absolute atomic E-state index is 12.6. The SMILES string of the molecule is CN=C(NCC1CCC(C)CC1)NC1CCN(S(=O)(=O)C(F)(F)F)CC1. The van der Waals surface area contributed by atoms with E-state index in [0.717, 1.165) is 12.5 Å². The summed E-state index contributed by atoms with van der Waals surface area (Å²) in [6.07, 6.45) is 5.50. The van der Waals surface area contributed by atoms with E-state index in [2.05, 4.69) is 22.5 Å². The van der Waals surface area contributed by atoms with Gasteiger partial charge in [0.1, 0.15) is 0 Å². The Kier molecular flexibility index (Phi) is 7.18. The second-order valence-corrected chi connectivity index (χ2v) is 9.28. The van der Waals surface area contributed by atoms with Crippen LogP contribution in [0.3, 0.4) is 0 Å². The highest BCUT2D eigenvalue weighted by Gasteiger charge is 2.50. The van der Waals surface area contributed by atoms with Gasteiger partial charge in [-0.25, -0.2) is 8.42 Å². The molecule has 6 nitrogen and oxygen atoms in total. The van der Waals surface area contributed by atoms with Crippen LogP contribution in [0.15, 0.2) is 4.99 Å². The molecule has 0 spiro atoms. The van der Waals surface area contributed by atoms with Crippen molar-refractivity contribution >= 4 is 16.0 Å². The number of sulfonamides is 1. The van der Waals surface area contributed by atoms with Crippen molar-refractivity contribution in [3.05, 3.63) is 0 Å². The fraction of sp³-hybridized carbons (Fsp3) is 0.938. The van der Waals surface area contributed by atoms with E-state index in [1.54, 1.807) is 7.05 Å². The molecule has 1 aliphatic carbocycles. The Balaban J connectivity index is 1.77. The fourth-order valence-corrected chi connectivity index (χ4v) is 4.53. The summed E-state index contributed by atoms with van der Waals surface area (Å²) in [5.41, 5.74) is -5.23. The fourth-order valence-electron chi connectivity index (χ4n) is 3.55. The quantitative estimate of drug-likeness (QED) is 0.563. The van der Waals surface area contributed by atoms with Crippen molar-refractivity contribution in [3.63, 3.8) is 0 Å². The van der Waals surface area contributed by atoms with Crippen molar-refractivity contribution in [2.45, 2.75) is 57.0 Å². The van der Waals surface area contributed by atoms with Crippen molar-refractivity contribution in [1.82, 2.24) is 14.9 Å². The maximum Gasteiger partial charge on any atom is 0.511 e. The molecule has 1 aliphatic heterocycles. The van der Waals surface area contributed by atoms with Gasteiger partial charge in [0, 0.05) is 32.7 Å². The lowest BCUT2D eigenvalue weighted by molar-refractivity contribution is -0.0494. The third kappa shape index (κ3) is 5.48. The minimum Gasteiger partial charge on any atom is -0.356 e. The van der Waals surface area contributed by atoms with E-state index in [1.807, 2.05) is 0 Å². The Bertz CT molecular complexity index is 579. The van der Waals surface area contributed by atoms with Crippen LogP contribution in [0.5, 0.6) is 0 Å². The standard InChI is InChI=1S/C16H29F3N4O2S/c1-12-3-5-13(6-4-12)11-21-15(20-2)22-14-7-9-23(10-8-14)26(24,25)16(17,18)19/h12-14H,3-11H2,1-2H3,(H2,20,21,22). The van der Waals surface area contributed by atoms with E-state index in [9.17, 15) is 21.6 Å². The zero-order valence-corrected chi connectivity index (χ0v) is 16.2. The molecular formula is C16H29F3N4O2S. The van der Waals surface area contributed by atoms with E-state index < -0.39 is 15.5 Å². The smallest absolute Gasteiger partial charge is 0.356 e. The Labute approximate surface area is 153 Å². The molecule has 1 saturated heterocycles. The number of halogens is 3. The van der Waals surface area contributed by atoms with Crippen LogP contribution in [-0.4, -0.2) is 56.9 Å². The van der Waals surface area contributed by atoms with Gasteiger partial charge in [-0.2, -0.15) is 17.5 Å². The van der Waals surface area contributed by atoms with Crippen LogP contribution in [0.2, 0.25) is 0 Å². The summed E-state index contributed by atoms with van der Waals surface area (Å²) in [4.78, 5) is 4.17. The van der Waals surface area contributed by atoms with Crippen LogP contribution in [0.25, 0.3) is 0 Å². The third-order valence-corrected chi connectivity index (χ3v) is 6.97. The number of nitrogens with one attached hydrogen (secondary N) is 2. The maximum atomic E-state index is 12.6. The lowest BCUT2D eigenvalue weighted by Gasteiger charge is -2.33. The monoisotopic (exact) mass is 398 g/mol. The molecule has 0 aromatic carbocycles. The summed E-state index contributed by atoms with van der Waals surface area (Å²) in [5, 5.41) is 6.49. The second-order valence-electron chi connectivity index (χ2n) is 7.35. The molecule has 1 heterocycles. The minimum absolute atomic E-state index is 0.0905. The van der Waals surface area contributed by atoms with Gasteiger partial charge in [-0.3, -0.25) is 4.99 Å². The average molecular weight is 398 g/mol. The summed E-state index contributed by atoms with van der Waals surface area (Å²) >= 11 is 0. The molecule has 2 fully saturated rings. The lowest BCUT2D eigenvalue weighted by Crippen LogP contribution is -2.52. The van der Waals surface area contributed by atoms with Crippen molar-refractivity contribution in [3.8, 4) is 0 Å². The first-order valence-electron chi connectivity index (χ1n) is 9.17. The normalized spacial score (nSPS) is 27.3. The summed E-state index contributed by atoms with van der Waals surface area (Å²) in [6, 6.07) is -0.0905. The number of piperidine rings is 1. The van der Waals surface area contributed by atoms with Crippen molar-refractivity contribution in [2.24, 2.45) is 16.8 Å². The van der Waals surface area contributed by atoms with Crippen LogP contribution in [0.1, 0.15) is 45.4 Å². The zero-order chi connectivity index (χ0) is 19.4. The molecule has 0 aromatic heterocycles. The lowest BCUT2D eigenvalue weighted by atomic mass is 9.83. The Morgan fingerprint density at radius 2 is 1.69 bits per heavy atom. The Morgan fingerprint density at radius 3 is 2.19 bits per heavy atom. The highest BCUT2D eigenvalue weighted by atomic mass is 32.2. The van der Waals surface area contributed by atoms with Gasteiger partial charge >= 0.3 is 15.5 Å². The summed E-state index contributed by atoms with van der Waals surface area (Å²) in [7, 11) is -3.57. The number of hydrogen-bond donors (Lipinski definition) is 2. The van der Waals surface area contributed by atoms with Gasteiger partial charge in [0.25, 0.3) is 0 Å². The minimum atomic E-state index is -5.23. The van der Waals surface area contributed by atoms with Crippen LogP contribution in [0, 0.1) is 11.8 Å². The van der Waals surface area contributed by atoms with Gasteiger partial charge in [0.05, 0.1) is 0 Å². The number of alkyl halides is 3. The molecule has 0 bridgehead atoms. The zero-order valence-electron chi connectivity index (χ0n) is 15.3. The number of hydrogen-bond acceptors (Lipinski definition) is 3. The van der Waals surface area contributed by atoms with Gasteiger partial charge in [0.15, 0.2) is 5.96 Å². The summed E-state index contributed by atoms with van der Waals surface area (Å²) < 4.78 is 61.2. The van der Waals surface area contributed by atoms with E-state index in [1.165, 1.54) is 25.7 Å². The summed E-state index contributed by atoms with van der Waals surface area (Å²) in [5.74, 6) is 2.03. The Morgan fingerprint density at radius 1 is 1.12 bits per heavy atom. The third-order valence-electron chi connectivity index (χ3n) is 5.34. The van der Waals surface area contributed by atoms with Crippen LogP contribution in [-0.2, 0) is 10.0 Å². The van der Waals surface area contributed by atoms with Gasteiger partial charge in [-0.1, -0.05) is 19.8 Å². The highest BCUT2D eigenvalue weighted by Crippen LogP contribution is 2.29. The van der Waals surface area contributed by atoms with Gasteiger partial charge in [0.2, 0.25) is 0 Å². The van der Waals surface area contributed by atoms with Crippen molar-refractivity contribution < 1.29 is 21.6 Å². The molecule has 2 N–H and O–H groups in total.